The number of fused-ring (bicyclic) bond motifs is 5. The smallest absolute Gasteiger partial charge is 0.264 e. The third kappa shape index (κ3) is 3.33. The van der Waals surface area contributed by atoms with E-state index >= 15 is 0 Å². The van der Waals surface area contributed by atoms with Gasteiger partial charge in [-0.25, -0.2) is 13.1 Å². The monoisotopic (exact) mass is 417 g/mol. The molecular formula is C19H19N3O6S. The van der Waals surface area contributed by atoms with Crippen LogP contribution in [-0.4, -0.2) is 43.5 Å². The Bertz CT molecular complexity index is 1020. The molecule has 4 atom stereocenters. The molecule has 4 rings (SSSR count). The molecule has 10 heteroatoms. The van der Waals surface area contributed by atoms with Crippen molar-refractivity contribution < 1.29 is 27.6 Å². The molecule has 29 heavy (non-hydrogen) atoms. The summed E-state index contributed by atoms with van der Waals surface area (Å²) in [6, 6.07) is 5.19. The van der Waals surface area contributed by atoms with E-state index in [2.05, 4.69) is 5.32 Å². The summed E-state index contributed by atoms with van der Waals surface area (Å²) >= 11 is 0. The first-order valence-electron chi connectivity index (χ1n) is 9.14. The van der Waals surface area contributed by atoms with E-state index in [-0.39, 0.29) is 46.9 Å². The summed E-state index contributed by atoms with van der Waals surface area (Å²) in [5, 5.41) is 2.55. The van der Waals surface area contributed by atoms with Crippen LogP contribution in [-0.2, 0) is 29.2 Å². The van der Waals surface area contributed by atoms with Crippen molar-refractivity contribution in [3.05, 3.63) is 36.4 Å². The summed E-state index contributed by atoms with van der Waals surface area (Å²) in [6.45, 7) is 0.707. The zero-order chi connectivity index (χ0) is 20.9. The van der Waals surface area contributed by atoms with Gasteiger partial charge >= 0.3 is 0 Å². The van der Waals surface area contributed by atoms with E-state index in [1.165, 1.54) is 24.3 Å². The Balaban J connectivity index is 1.40. The van der Waals surface area contributed by atoms with Crippen LogP contribution in [0.5, 0.6) is 0 Å². The van der Waals surface area contributed by atoms with Crippen LogP contribution >= 0.6 is 0 Å². The van der Waals surface area contributed by atoms with Crippen molar-refractivity contribution >= 4 is 39.3 Å². The van der Waals surface area contributed by atoms with E-state index < -0.39 is 21.8 Å². The average Bonchev–Trinajstić information content (AvgIpc) is 3.31. The van der Waals surface area contributed by atoms with Gasteiger partial charge in [0.05, 0.1) is 16.7 Å². The van der Waals surface area contributed by atoms with Crippen molar-refractivity contribution in [3.63, 3.8) is 0 Å². The van der Waals surface area contributed by atoms with Gasteiger partial charge in [0.15, 0.2) is 0 Å². The Morgan fingerprint density at radius 3 is 2.10 bits per heavy atom. The highest BCUT2D eigenvalue weighted by atomic mass is 32.2. The summed E-state index contributed by atoms with van der Waals surface area (Å²) in [5.74, 6) is -2.43. The van der Waals surface area contributed by atoms with Crippen LogP contribution in [0.1, 0.15) is 13.3 Å². The molecule has 1 aromatic carbocycles. The van der Waals surface area contributed by atoms with Gasteiger partial charge in [-0.2, -0.15) is 0 Å². The third-order valence-corrected chi connectivity index (χ3v) is 7.04. The van der Waals surface area contributed by atoms with Crippen molar-refractivity contribution in [1.29, 1.82) is 0 Å². The first kappa shape index (κ1) is 19.3. The summed E-state index contributed by atoms with van der Waals surface area (Å²) in [4.78, 5) is 49.4. The largest absolute Gasteiger partial charge is 0.325 e. The van der Waals surface area contributed by atoms with Gasteiger partial charge < -0.3 is 5.32 Å². The number of carbonyl (C=O) groups excluding carboxylic acids is 4. The Hall–Kier alpha value is -3.01. The fourth-order valence-corrected chi connectivity index (χ4v) is 5.42. The van der Waals surface area contributed by atoms with Gasteiger partial charge in [-0.3, -0.25) is 24.1 Å². The molecule has 0 unspecified atom stereocenters. The molecule has 1 saturated carbocycles. The van der Waals surface area contributed by atoms with Crippen LogP contribution in [0, 0.1) is 23.7 Å². The van der Waals surface area contributed by atoms with Crippen LogP contribution in [0.3, 0.4) is 0 Å². The molecule has 1 heterocycles. The number of allylic oxidation sites excluding steroid dienone is 2. The van der Waals surface area contributed by atoms with Crippen LogP contribution in [0.25, 0.3) is 0 Å². The molecule has 2 N–H and O–H groups in total. The number of hydrogen-bond acceptors (Lipinski definition) is 6. The van der Waals surface area contributed by atoms with Gasteiger partial charge in [-0.1, -0.05) is 12.2 Å². The molecule has 0 aromatic heterocycles. The molecule has 2 bridgehead atoms. The molecule has 152 valence electrons. The zero-order valence-electron chi connectivity index (χ0n) is 15.5. The van der Waals surface area contributed by atoms with Crippen molar-refractivity contribution in [1.82, 2.24) is 9.62 Å². The quantitative estimate of drug-likeness (QED) is 0.522. The molecule has 1 saturated heterocycles. The number of hydrogen-bond donors (Lipinski definition) is 2. The number of carbonyl (C=O) groups is 4. The number of anilines is 1. The Labute approximate surface area is 167 Å². The molecule has 2 fully saturated rings. The van der Waals surface area contributed by atoms with Gasteiger partial charge in [-0.05, 0) is 42.5 Å². The van der Waals surface area contributed by atoms with E-state index in [1.54, 1.807) is 0 Å². The summed E-state index contributed by atoms with van der Waals surface area (Å²) in [6.07, 6.45) is 4.79. The second-order valence-corrected chi connectivity index (χ2v) is 9.18. The maximum absolute atomic E-state index is 12.6. The van der Waals surface area contributed by atoms with Crippen LogP contribution < -0.4 is 10.0 Å². The summed E-state index contributed by atoms with van der Waals surface area (Å²) in [7, 11) is -3.97. The molecule has 3 aliphatic rings. The SMILES string of the molecule is CC(=O)NS(=O)(=O)c1ccc(NC(=O)CN2C(=O)[C@@H]3[C@H](C2=O)[C@H]2C=C[C@@H]3C2)cc1. The Morgan fingerprint density at radius 1 is 1.03 bits per heavy atom. The van der Waals surface area contributed by atoms with Crippen molar-refractivity contribution in [3.8, 4) is 0 Å². The minimum atomic E-state index is -3.97. The predicted octanol–water partition coefficient (Wildman–Crippen LogP) is 0.257. The van der Waals surface area contributed by atoms with E-state index in [0.29, 0.717) is 5.69 Å². The number of imide groups is 1. The van der Waals surface area contributed by atoms with Crippen molar-refractivity contribution in [2.75, 3.05) is 11.9 Å². The molecule has 2 aliphatic carbocycles. The molecule has 1 aliphatic heterocycles. The maximum atomic E-state index is 12.6. The van der Waals surface area contributed by atoms with E-state index in [9.17, 15) is 27.6 Å². The fraction of sp³-hybridized carbons (Fsp3) is 0.368. The first-order valence-corrected chi connectivity index (χ1v) is 10.6. The first-order chi connectivity index (χ1) is 13.7. The minimum Gasteiger partial charge on any atom is -0.325 e. The highest BCUT2D eigenvalue weighted by Gasteiger charge is 2.59. The number of amides is 4. The molecule has 9 nitrogen and oxygen atoms in total. The molecule has 4 amide bonds. The maximum Gasteiger partial charge on any atom is 0.264 e. The lowest BCUT2D eigenvalue weighted by atomic mass is 9.85. The Kier molecular flexibility index (Phi) is 4.53. The highest BCUT2D eigenvalue weighted by molar-refractivity contribution is 7.90. The number of benzene rings is 1. The highest BCUT2D eigenvalue weighted by Crippen LogP contribution is 2.52. The van der Waals surface area contributed by atoms with Gasteiger partial charge in [0, 0.05) is 12.6 Å². The van der Waals surface area contributed by atoms with Crippen LogP contribution in [0.4, 0.5) is 5.69 Å². The van der Waals surface area contributed by atoms with Crippen molar-refractivity contribution in [2.24, 2.45) is 23.7 Å². The Morgan fingerprint density at radius 2 is 1.59 bits per heavy atom. The standard InChI is InChI=1S/C19H19N3O6S/c1-10(23)21-29(27,28)14-6-4-13(5-7-14)20-15(24)9-22-18(25)16-11-2-3-12(8-11)17(16)19(22)26/h2-7,11-12,16-17H,8-9H2,1H3,(H,20,24)(H,21,23)/t11-,12+,16+,17-. The summed E-state index contributed by atoms with van der Waals surface area (Å²) in [5.41, 5.74) is 0.304. The normalized spacial score (nSPS) is 27.3. The number of nitrogens with one attached hydrogen (secondary N) is 2. The second-order valence-electron chi connectivity index (χ2n) is 7.50. The lowest BCUT2D eigenvalue weighted by Gasteiger charge is -2.17. The molecule has 0 radical (unpaired) electrons. The lowest BCUT2D eigenvalue weighted by Crippen LogP contribution is -2.39. The number of nitrogens with zero attached hydrogens (tertiary/aromatic N) is 1. The average molecular weight is 417 g/mol. The van der Waals surface area contributed by atoms with E-state index in [4.69, 9.17) is 0 Å². The predicted molar refractivity (Wildman–Crippen MR) is 101 cm³/mol. The van der Waals surface area contributed by atoms with Crippen molar-refractivity contribution in [2.45, 2.75) is 18.2 Å². The minimum absolute atomic E-state index is 0.0765. The van der Waals surface area contributed by atoms with Gasteiger partial charge in [0.1, 0.15) is 6.54 Å². The van der Waals surface area contributed by atoms with E-state index in [0.717, 1.165) is 18.2 Å². The molecule has 0 spiro atoms. The lowest BCUT2D eigenvalue weighted by molar-refractivity contribution is -0.143. The third-order valence-electron chi connectivity index (χ3n) is 5.59. The zero-order valence-corrected chi connectivity index (χ0v) is 16.3. The molecular weight excluding hydrogens is 398 g/mol. The van der Waals surface area contributed by atoms with Gasteiger partial charge in [0.25, 0.3) is 10.0 Å². The fourth-order valence-electron chi connectivity index (χ4n) is 4.43. The number of likely N-dealkylation sites (tertiary alicyclic amines) is 1. The topological polar surface area (TPSA) is 130 Å². The van der Waals surface area contributed by atoms with Gasteiger partial charge in [0.2, 0.25) is 23.6 Å². The van der Waals surface area contributed by atoms with Gasteiger partial charge in [-0.15, -0.1) is 0 Å². The van der Waals surface area contributed by atoms with E-state index in [1.807, 2.05) is 16.9 Å². The number of rotatable bonds is 5. The second kappa shape index (κ2) is 6.80. The van der Waals surface area contributed by atoms with Crippen LogP contribution in [0.2, 0.25) is 0 Å². The van der Waals surface area contributed by atoms with Crippen LogP contribution in [0.15, 0.2) is 41.3 Å². The number of sulfonamides is 1. The molecule has 1 aromatic rings. The summed E-state index contributed by atoms with van der Waals surface area (Å²) < 4.78 is 25.7.